The molecule has 5 nitrogen and oxygen atoms in total. The van der Waals surface area contributed by atoms with Crippen molar-refractivity contribution in [2.75, 3.05) is 13.1 Å². The topological polar surface area (TPSA) is 86.8 Å². The van der Waals surface area contributed by atoms with Crippen molar-refractivity contribution in [3.05, 3.63) is 27.7 Å². The highest BCUT2D eigenvalue weighted by molar-refractivity contribution is 6.42. The molecule has 2 fully saturated rings. The maximum Gasteiger partial charge on any atom is 0.225 e. The number of hydrogen-bond donors (Lipinski definition) is 3. The van der Waals surface area contributed by atoms with Crippen molar-refractivity contribution in [1.82, 2.24) is 4.90 Å². The Morgan fingerprint density at radius 1 is 1.16 bits per heavy atom. The Morgan fingerprint density at radius 2 is 1.80 bits per heavy atom. The monoisotopic (exact) mass is 386 g/mol. The number of rotatable bonds is 3. The van der Waals surface area contributed by atoms with Crippen LogP contribution in [0.5, 0.6) is 5.75 Å². The molecule has 0 unspecified atom stereocenters. The zero-order valence-corrected chi connectivity index (χ0v) is 15.5. The number of benzene rings is 1. The van der Waals surface area contributed by atoms with Gasteiger partial charge >= 0.3 is 0 Å². The summed E-state index contributed by atoms with van der Waals surface area (Å²) in [5.41, 5.74) is 6.95. The van der Waals surface area contributed by atoms with E-state index in [9.17, 15) is 15.0 Å². The van der Waals surface area contributed by atoms with Crippen LogP contribution < -0.4 is 5.73 Å². The van der Waals surface area contributed by atoms with Crippen LogP contribution >= 0.6 is 23.2 Å². The highest BCUT2D eigenvalue weighted by atomic mass is 35.5. The molecule has 4 N–H and O–H groups in total. The molecule has 0 aromatic heterocycles. The summed E-state index contributed by atoms with van der Waals surface area (Å²) in [4.78, 5) is 14.4. The average Bonchev–Trinajstić information content (AvgIpc) is 3.03. The van der Waals surface area contributed by atoms with Gasteiger partial charge in [-0.1, -0.05) is 23.2 Å². The number of piperidine rings is 1. The Morgan fingerprint density at radius 3 is 2.40 bits per heavy atom. The van der Waals surface area contributed by atoms with Crippen LogP contribution in [0.2, 0.25) is 10.0 Å². The van der Waals surface area contributed by atoms with Crippen LogP contribution in [0.1, 0.15) is 43.7 Å². The molecule has 1 aromatic carbocycles. The fourth-order valence-corrected chi connectivity index (χ4v) is 4.32. The molecule has 138 valence electrons. The summed E-state index contributed by atoms with van der Waals surface area (Å²) >= 11 is 12.0. The van der Waals surface area contributed by atoms with Crippen LogP contribution in [0, 0.1) is 11.8 Å². The van der Waals surface area contributed by atoms with Crippen LogP contribution in [0.15, 0.2) is 12.1 Å². The van der Waals surface area contributed by atoms with Crippen molar-refractivity contribution in [3.63, 3.8) is 0 Å². The molecule has 25 heavy (non-hydrogen) atoms. The summed E-state index contributed by atoms with van der Waals surface area (Å²) in [5.74, 6) is 0.335. The van der Waals surface area contributed by atoms with Gasteiger partial charge in [0, 0.05) is 36.7 Å². The summed E-state index contributed by atoms with van der Waals surface area (Å²) in [6.45, 7) is 1.32. The zero-order chi connectivity index (χ0) is 18.1. The molecule has 1 aliphatic heterocycles. The first-order valence-electron chi connectivity index (χ1n) is 8.77. The third-order valence-electron chi connectivity index (χ3n) is 5.54. The van der Waals surface area contributed by atoms with Crippen LogP contribution in [-0.2, 0) is 4.79 Å². The van der Waals surface area contributed by atoms with Crippen molar-refractivity contribution in [2.45, 2.75) is 44.2 Å². The quantitative estimate of drug-likeness (QED) is 0.744. The first kappa shape index (κ1) is 18.8. The van der Waals surface area contributed by atoms with Gasteiger partial charge in [-0.05, 0) is 44.1 Å². The third kappa shape index (κ3) is 4.05. The van der Waals surface area contributed by atoms with Gasteiger partial charge < -0.3 is 20.8 Å². The van der Waals surface area contributed by atoms with Gasteiger partial charge in [0.05, 0.1) is 16.1 Å². The second-order valence-electron chi connectivity index (χ2n) is 7.18. The number of carbonyl (C=O) groups excluding carboxylic acids is 1. The van der Waals surface area contributed by atoms with Gasteiger partial charge in [0.25, 0.3) is 0 Å². The molecule has 3 rings (SSSR count). The van der Waals surface area contributed by atoms with E-state index < -0.39 is 0 Å². The highest BCUT2D eigenvalue weighted by Crippen LogP contribution is 2.38. The highest BCUT2D eigenvalue weighted by Gasteiger charge is 2.34. The number of aliphatic hydroxyl groups excluding tert-OH is 1. The Bertz CT molecular complexity index is 647. The average molecular weight is 387 g/mol. The summed E-state index contributed by atoms with van der Waals surface area (Å²) in [6.07, 6.45) is 3.29. The number of hydrogen-bond acceptors (Lipinski definition) is 4. The van der Waals surface area contributed by atoms with Crippen molar-refractivity contribution >= 4 is 29.1 Å². The van der Waals surface area contributed by atoms with E-state index in [2.05, 4.69) is 0 Å². The minimum Gasteiger partial charge on any atom is -0.508 e. The van der Waals surface area contributed by atoms with E-state index in [0.717, 1.165) is 19.3 Å². The molecule has 2 aliphatic rings. The maximum absolute atomic E-state index is 12.5. The van der Waals surface area contributed by atoms with Gasteiger partial charge in [-0.2, -0.15) is 0 Å². The fraction of sp³-hybridized carbons (Fsp3) is 0.611. The lowest BCUT2D eigenvalue weighted by atomic mass is 9.85. The first-order chi connectivity index (χ1) is 11.9. The first-order valence-corrected chi connectivity index (χ1v) is 9.52. The van der Waals surface area contributed by atoms with Gasteiger partial charge in [-0.25, -0.2) is 0 Å². The van der Waals surface area contributed by atoms with Crippen molar-refractivity contribution in [1.29, 1.82) is 0 Å². The van der Waals surface area contributed by atoms with Gasteiger partial charge in [0.1, 0.15) is 5.75 Å². The number of aromatic hydroxyl groups is 1. The number of phenols is 1. The van der Waals surface area contributed by atoms with Gasteiger partial charge in [-0.15, -0.1) is 0 Å². The predicted octanol–water partition coefficient (Wildman–Crippen LogP) is 3.10. The summed E-state index contributed by atoms with van der Waals surface area (Å²) in [5, 5.41) is 20.4. The molecule has 3 atom stereocenters. The lowest BCUT2D eigenvalue weighted by Crippen LogP contribution is -2.43. The minimum absolute atomic E-state index is 0.0423. The van der Waals surface area contributed by atoms with E-state index in [1.165, 1.54) is 6.07 Å². The zero-order valence-electron chi connectivity index (χ0n) is 14.0. The van der Waals surface area contributed by atoms with Gasteiger partial charge in [0.2, 0.25) is 5.91 Å². The lowest BCUT2D eigenvalue weighted by Gasteiger charge is -2.36. The predicted molar refractivity (Wildman–Crippen MR) is 97.7 cm³/mol. The summed E-state index contributed by atoms with van der Waals surface area (Å²) < 4.78 is 0. The molecule has 1 amide bonds. The molecule has 0 bridgehead atoms. The normalized spacial score (nSPS) is 26.0. The van der Waals surface area contributed by atoms with Crippen LogP contribution in [0.3, 0.4) is 0 Å². The SMILES string of the molecule is N[C@@H](c1cc(Cl)c(Cl)cc1O)C1CCN(C(=O)[C@@H]2CC[C@H](O)C2)CC1. The Kier molecular flexibility index (Phi) is 5.78. The standard InChI is InChI=1S/C18H24Cl2N2O3/c19-14-8-13(16(24)9-15(14)20)17(21)10-3-5-22(6-4-10)18(25)11-1-2-12(23)7-11/h8-12,17,23-24H,1-7,21H2/t11-,12+,17-/m1/s1. The number of nitrogens with two attached hydrogens (primary N) is 1. The van der Waals surface area contributed by atoms with E-state index in [4.69, 9.17) is 28.9 Å². The Labute approximate surface area is 157 Å². The number of phenolic OH excluding ortho intramolecular Hbond substituents is 1. The number of aliphatic hydroxyl groups is 1. The van der Waals surface area contributed by atoms with Crippen LogP contribution in [-0.4, -0.2) is 40.2 Å². The number of carbonyl (C=O) groups is 1. The molecule has 0 spiro atoms. The second kappa shape index (κ2) is 7.70. The molecular weight excluding hydrogens is 363 g/mol. The fourth-order valence-electron chi connectivity index (χ4n) is 3.99. The third-order valence-corrected chi connectivity index (χ3v) is 6.26. The summed E-state index contributed by atoms with van der Waals surface area (Å²) in [7, 11) is 0. The van der Waals surface area contributed by atoms with Crippen molar-refractivity contribution < 1.29 is 15.0 Å². The second-order valence-corrected chi connectivity index (χ2v) is 7.99. The van der Waals surface area contributed by atoms with Gasteiger partial charge in [0.15, 0.2) is 0 Å². The molecule has 1 saturated heterocycles. The lowest BCUT2D eigenvalue weighted by molar-refractivity contribution is -0.137. The number of nitrogens with zero attached hydrogens (tertiary/aromatic N) is 1. The minimum atomic E-state index is -0.347. The van der Waals surface area contributed by atoms with Crippen LogP contribution in [0.4, 0.5) is 0 Å². The van der Waals surface area contributed by atoms with Crippen molar-refractivity contribution in [2.24, 2.45) is 17.6 Å². The molecule has 1 aliphatic carbocycles. The van der Waals surface area contributed by atoms with Crippen molar-refractivity contribution in [3.8, 4) is 5.75 Å². The molecule has 7 heteroatoms. The smallest absolute Gasteiger partial charge is 0.225 e. The summed E-state index contributed by atoms with van der Waals surface area (Å²) in [6, 6.07) is 2.70. The van der Waals surface area contributed by atoms with Crippen LogP contribution in [0.25, 0.3) is 0 Å². The van der Waals surface area contributed by atoms with E-state index in [1.54, 1.807) is 6.07 Å². The molecular formula is C18H24Cl2N2O3. The molecule has 1 aromatic rings. The van der Waals surface area contributed by atoms with E-state index in [0.29, 0.717) is 41.5 Å². The number of likely N-dealkylation sites (tertiary alicyclic amines) is 1. The molecule has 0 radical (unpaired) electrons. The number of halogens is 2. The Hall–Kier alpha value is -1.01. The van der Waals surface area contributed by atoms with E-state index in [1.807, 2.05) is 4.90 Å². The molecule has 1 saturated carbocycles. The van der Waals surface area contributed by atoms with E-state index in [-0.39, 0.29) is 35.6 Å². The van der Waals surface area contributed by atoms with Gasteiger partial charge in [-0.3, -0.25) is 4.79 Å². The Balaban J connectivity index is 1.60. The maximum atomic E-state index is 12.5. The number of amides is 1. The largest absolute Gasteiger partial charge is 0.508 e. The molecule has 1 heterocycles. The van der Waals surface area contributed by atoms with E-state index >= 15 is 0 Å².